The monoisotopic (exact) mass is 339 g/mol. The molecule has 4 rings (SSSR count). The third-order valence-electron chi connectivity index (χ3n) is 4.33. The largest absolute Gasteiger partial charge is 0.342 e. The van der Waals surface area contributed by atoms with Crippen molar-refractivity contribution in [3.63, 3.8) is 0 Å². The quantitative estimate of drug-likeness (QED) is 0.727. The molecule has 0 radical (unpaired) electrons. The van der Waals surface area contributed by atoms with Crippen LogP contribution in [0.25, 0.3) is 16.7 Å². The number of nitrogens with zero attached hydrogens (tertiary/aromatic N) is 4. The van der Waals surface area contributed by atoms with E-state index in [1.54, 1.807) is 10.9 Å². The Labute approximate surface area is 143 Å². The minimum atomic E-state index is -0.235. The van der Waals surface area contributed by atoms with Gasteiger partial charge in [-0.25, -0.2) is 4.98 Å². The highest BCUT2D eigenvalue weighted by molar-refractivity contribution is 7.71. The number of rotatable bonds is 2. The summed E-state index contributed by atoms with van der Waals surface area (Å²) in [5.74, 6) is 0.583. The van der Waals surface area contributed by atoms with Gasteiger partial charge >= 0.3 is 0 Å². The summed E-state index contributed by atoms with van der Waals surface area (Å²) < 4.78 is 2.16. The maximum Gasteiger partial charge on any atom is 0.264 e. The maximum atomic E-state index is 12.6. The van der Waals surface area contributed by atoms with Crippen LogP contribution in [0.2, 0.25) is 0 Å². The van der Waals surface area contributed by atoms with Gasteiger partial charge in [0.1, 0.15) is 16.4 Å². The third kappa shape index (κ3) is 2.50. The molecular weight excluding hydrogens is 322 g/mol. The first-order valence-corrected chi connectivity index (χ1v) is 8.38. The lowest BCUT2D eigenvalue weighted by Crippen LogP contribution is -2.24. The average Bonchev–Trinajstić information content (AvgIpc) is 3.10. The van der Waals surface area contributed by atoms with E-state index in [2.05, 4.69) is 19.9 Å². The van der Waals surface area contributed by atoms with Gasteiger partial charge in [0, 0.05) is 18.8 Å². The molecule has 1 aromatic carbocycles. The molecule has 1 N–H and O–H groups in total. The van der Waals surface area contributed by atoms with E-state index in [1.165, 1.54) is 0 Å². The van der Waals surface area contributed by atoms with E-state index in [9.17, 15) is 4.79 Å². The van der Waals surface area contributed by atoms with Gasteiger partial charge in [-0.15, -0.1) is 0 Å². The predicted molar refractivity (Wildman–Crippen MR) is 96.5 cm³/mol. The zero-order valence-corrected chi connectivity index (χ0v) is 14.1. The SMILES string of the molecule is Cc1ccc(-n2cnc3nc(N4CCCC4)[nH]c(=O)c3c2=S)cc1. The second kappa shape index (κ2) is 5.83. The number of hydrogen-bond donors (Lipinski definition) is 1. The molecule has 3 aromatic rings. The minimum absolute atomic E-state index is 0.235. The molecule has 2 aromatic heterocycles. The highest BCUT2D eigenvalue weighted by atomic mass is 32.1. The highest BCUT2D eigenvalue weighted by Crippen LogP contribution is 2.18. The zero-order valence-electron chi connectivity index (χ0n) is 13.3. The number of aromatic amines is 1. The second-order valence-corrected chi connectivity index (χ2v) is 6.42. The number of benzene rings is 1. The topological polar surface area (TPSA) is 66.8 Å². The third-order valence-corrected chi connectivity index (χ3v) is 4.73. The molecule has 0 unspecified atom stereocenters. The first-order valence-electron chi connectivity index (χ1n) is 7.97. The average molecular weight is 339 g/mol. The molecule has 7 heteroatoms. The summed E-state index contributed by atoms with van der Waals surface area (Å²) in [7, 11) is 0. The van der Waals surface area contributed by atoms with E-state index in [0.717, 1.165) is 37.2 Å². The molecule has 0 amide bonds. The molecule has 0 spiro atoms. The molecule has 0 bridgehead atoms. The van der Waals surface area contributed by atoms with Crippen LogP contribution in [-0.4, -0.2) is 32.6 Å². The molecule has 0 saturated carbocycles. The van der Waals surface area contributed by atoms with Gasteiger partial charge in [0.2, 0.25) is 5.95 Å². The van der Waals surface area contributed by atoms with Gasteiger partial charge in [0.15, 0.2) is 5.65 Å². The van der Waals surface area contributed by atoms with Gasteiger partial charge in [-0.2, -0.15) is 4.98 Å². The van der Waals surface area contributed by atoms with Crippen LogP contribution in [0.5, 0.6) is 0 Å². The van der Waals surface area contributed by atoms with E-state index in [-0.39, 0.29) is 5.56 Å². The molecule has 6 nitrogen and oxygen atoms in total. The summed E-state index contributed by atoms with van der Waals surface area (Å²) in [5.41, 5.74) is 2.20. The number of fused-ring (bicyclic) bond motifs is 1. The molecule has 1 fully saturated rings. The number of aryl methyl sites for hydroxylation is 1. The molecule has 1 aliphatic heterocycles. The first-order chi connectivity index (χ1) is 11.6. The van der Waals surface area contributed by atoms with E-state index in [0.29, 0.717) is 21.6 Å². The Morgan fingerprint density at radius 1 is 1.17 bits per heavy atom. The molecular formula is C17H17N5OS. The van der Waals surface area contributed by atoms with Crippen molar-refractivity contribution in [1.82, 2.24) is 19.5 Å². The minimum Gasteiger partial charge on any atom is -0.342 e. The summed E-state index contributed by atoms with van der Waals surface area (Å²) in [6.45, 7) is 3.84. The van der Waals surface area contributed by atoms with Crippen LogP contribution in [0.1, 0.15) is 18.4 Å². The van der Waals surface area contributed by atoms with Crippen LogP contribution in [0.4, 0.5) is 5.95 Å². The van der Waals surface area contributed by atoms with Crippen molar-refractivity contribution in [2.75, 3.05) is 18.0 Å². The van der Waals surface area contributed by atoms with E-state index < -0.39 is 0 Å². The standard InChI is InChI=1S/C17H17N5OS/c1-11-4-6-12(7-5-11)22-10-18-14-13(16(22)24)15(23)20-17(19-14)21-8-2-3-9-21/h4-7,10H,2-3,8-9H2,1H3,(H,19,20,23). The van der Waals surface area contributed by atoms with Crippen LogP contribution in [-0.2, 0) is 0 Å². The fourth-order valence-electron chi connectivity index (χ4n) is 2.99. The number of H-pyrrole nitrogens is 1. The number of hydrogen-bond acceptors (Lipinski definition) is 5. The zero-order chi connectivity index (χ0) is 16.7. The fourth-order valence-corrected chi connectivity index (χ4v) is 3.33. The van der Waals surface area contributed by atoms with Crippen molar-refractivity contribution < 1.29 is 0 Å². The van der Waals surface area contributed by atoms with Crippen molar-refractivity contribution in [3.05, 3.63) is 51.2 Å². The van der Waals surface area contributed by atoms with Crippen LogP contribution in [0, 0.1) is 11.6 Å². The van der Waals surface area contributed by atoms with Crippen molar-refractivity contribution in [3.8, 4) is 5.69 Å². The summed E-state index contributed by atoms with van der Waals surface area (Å²) in [6, 6.07) is 7.91. The van der Waals surface area contributed by atoms with Crippen molar-refractivity contribution in [1.29, 1.82) is 0 Å². The Morgan fingerprint density at radius 2 is 1.88 bits per heavy atom. The van der Waals surface area contributed by atoms with Gasteiger partial charge in [0.05, 0.1) is 0 Å². The Morgan fingerprint density at radius 3 is 2.58 bits per heavy atom. The van der Waals surface area contributed by atoms with Crippen molar-refractivity contribution in [2.45, 2.75) is 19.8 Å². The highest BCUT2D eigenvalue weighted by Gasteiger charge is 2.17. The van der Waals surface area contributed by atoms with Crippen LogP contribution in [0.15, 0.2) is 35.4 Å². The Hall–Kier alpha value is -2.54. The van der Waals surface area contributed by atoms with Crippen LogP contribution >= 0.6 is 12.2 Å². The van der Waals surface area contributed by atoms with Crippen LogP contribution < -0.4 is 10.5 Å². The first kappa shape index (κ1) is 15.0. The molecule has 1 saturated heterocycles. The van der Waals surface area contributed by atoms with Gasteiger partial charge in [-0.05, 0) is 31.9 Å². The molecule has 122 valence electrons. The summed E-state index contributed by atoms with van der Waals surface area (Å²) in [4.78, 5) is 26.4. The normalized spacial score (nSPS) is 14.5. The van der Waals surface area contributed by atoms with Crippen LogP contribution in [0.3, 0.4) is 0 Å². The molecule has 1 aliphatic rings. The van der Waals surface area contributed by atoms with Gasteiger partial charge in [-0.1, -0.05) is 29.9 Å². The summed E-state index contributed by atoms with van der Waals surface area (Å²) >= 11 is 5.52. The Kier molecular flexibility index (Phi) is 3.65. The second-order valence-electron chi connectivity index (χ2n) is 6.04. The maximum absolute atomic E-state index is 12.6. The lowest BCUT2D eigenvalue weighted by molar-refractivity contribution is 0.890. The molecule has 0 aliphatic carbocycles. The van der Waals surface area contributed by atoms with E-state index in [1.807, 2.05) is 31.2 Å². The van der Waals surface area contributed by atoms with Gasteiger partial charge < -0.3 is 4.90 Å². The van der Waals surface area contributed by atoms with E-state index in [4.69, 9.17) is 12.2 Å². The molecule has 24 heavy (non-hydrogen) atoms. The van der Waals surface area contributed by atoms with Gasteiger partial charge in [-0.3, -0.25) is 14.3 Å². The fraction of sp³-hybridized carbons (Fsp3) is 0.294. The molecule has 3 heterocycles. The predicted octanol–water partition coefficient (Wildman–Crippen LogP) is 2.75. The lowest BCUT2D eigenvalue weighted by atomic mass is 10.2. The number of aromatic nitrogens is 4. The summed E-state index contributed by atoms with van der Waals surface area (Å²) in [6.07, 6.45) is 3.86. The number of nitrogens with one attached hydrogen (secondary N) is 1. The lowest BCUT2D eigenvalue weighted by Gasteiger charge is -2.16. The molecule has 0 atom stereocenters. The Balaban J connectivity index is 1.89. The van der Waals surface area contributed by atoms with E-state index >= 15 is 0 Å². The smallest absolute Gasteiger partial charge is 0.264 e. The van der Waals surface area contributed by atoms with Crippen molar-refractivity contribution in [2.24, 2.45) is 0 Å². The van der Waals surface area contributed by atoms with Crippen molar-refractivity contribution >= 4 is 29.2 Å². The Bertz CT molecular complexity index is 1020. The number of anilines is 1. The summed E-state index contributed by atoms with van der Waals surface area (Å²) in [5, 5.41) is 0.357. The van der Waals surface area contributed by atoms with Gasteiger partial charge in [0.25, 0.3) is 5.56 Å².